The molecule has 2 atom stereocenters. The van der Waals surface area contributed by atoms with E-state index in [-0.39, 0.29) is 29.1 Å². The molecule has 1 aromatic heterocycles. The van der Waals surface area contributed by atoms with Gasteiger partial charge in [-0.2, -0.15) is 18.2 Å². The number of nitrogens with two attached hydrogens (primary N) is 2. The number of nitrogen functional groups attached to an aromatic ring is 1. The topological polar surface area (TPSA) is 113 Å². The Bertz CT molecular complexity index is 1180. The lowest BCUT2D eigenvalue weighted by Crippen LogP contribution is -2.60. The van der Waals surface area contributed by atoms with Crippen LogP contribution in [0.2, 0.25) is 0 Å². The fourth-order valence-electron chi connectivity index (χ4n) is 3.76. The number of pyridine rings is 1. The van der Waals surface area contributed by atoms with E-state index in [2.05, 4.69) is 9.98 Å². The smallest absolute Gasteiger partial charge is 0.424 e. The number of carbonyl (C=O) groups excluding carboxylic acids is 1. The molecule has 11 heteroatoms. The Morgan fingerprint density at radius 3 is 2.51 bits per heavy atom. The van der Waals surface area contributed by atoms with Crippen molar-refractivity contribution in [1.29, 1.82) is 0 Å². The summed E-state index contributed by atoms with van der Waals surface area (Å²) in [5, 5.41) is 0. The monoisotopic (exact) mass is 494 g/mol. The van der Waals surface area contributed by atoms with Crippen molar-refractivity contribution in [3.8, 4) is 5.88 Å². The summed E-state index contributed by atoms with van der Waals surface area (Å²) in [6, 6.07) is 7.00. The maximum absolute atomic E-state index is 14.7. The molecule has 0 spiro atoms. The summed E-state index contributed by atoms with van der Waals surface area (Å²) >= 11 is 0. The molecule has 1 saturated carbocycles. The number of aliphatic imine (C=N–C) groups is 1. The molecule has 188 valence electrons. The normalized spacial score (nSPS) is 24.7. The lowest BCUT2D eigenvalue weighted by Gasteiger charge is -2.41. The number of nitrogens with zero attached hydrogens (tertiary/aromatic N) is 2. The van der Waals surface area contributed by atoms with E-state index in [1.807, 2.05) is 0 Å². The third-order valence-corrected chi connectivity index (χ3v) is 6.38. The van der Waals surface area contributed by atoms with Gasteiger partial charge in [0, 0.05) is 18.1 Å². The van der Waals surface area contributed by atoms with Gasteiger partial charge >= 0.3 is 6.18 Å². The van der Waals surface area contributed by atoms with Gasteiger partial charge in [-0.1, -0.05) is 6.07 Å². The van der Waals surface area contributed by atoms with Crippen LogP contribution in [-0.2, 0) is 16.7 Å². The number of Topliss-reactive ketones (excluding diaryl/α,β-unsaturated/α-hetero) is 1. The molecule has 0 saturated heterocycles. The molecular formula is C24H26F4N4O3. The molecule has 4 N–H and O–H groups in total. The van der Waals surface area contributed by atoms with Crippen LogP contribution in [0.25, 0.3) is 0 Å². The van der Waals surface area contributed by atoms with E-state index in [0.29, 0.717) is 24.0 Å². The van der Waals surface area contributed by atoms with Crippen LogP contribution >= 0.6 is 0 Å². The van der Waals surface area contributed by atoms with Gasteiger partial charge < -0.3 is 20.9 Å². The molecule has 35 heavy (non-hydrogen) atoms. The molecular weight excluding hydrogens is 468 g/mol. The first-order valence-electron chi connectivity index (χ1n) is 11.1. The first kappa shape index (κ1) is 24.9. The largest absolute Gasteiger partial charge is 0.477 e. The summed E-state index contributed by atoms with van der Waals surface area (Å²) in [5.41, 5.74) is 7.86. The lowest BCUT2D eigenvalue weighted by atomic mass is 9.88. The Morgan fingerprint density at radius 2 is 1.91 bits per heavy atom. The number of hydrogen-bond donors (Lipinski definition) is 2. The summed E-state index contributed by atoms with van der Waals surface area (Å²) in [5.74, 6) is -0.992. The van der Waals surface area contributed by atoms with E-state index in [1.165, 1.54) is 25.1 Å². The van der Waals surface area contributed by atoms with Gasteiger partial charge in [-0.15, -0.1) is 0 Å². The number of carbonyl (C=O) groups is 1. The third-order valence-electron chi connectivity index (χ3n) is 6.38. The number of aromatic nitrogens is 1. The number of hydrogen-bond acceptors (Lipinski definition) is 7. The van der Waals surface area contributed by atoms with Gasteiger partial charge in [0.2, 0.25) is 11.5 Å². The zero-order valence-electron chi connectivity index (χ0n) is 19.3. The standard InChI is InChI=1S/C24H26F4N4O3/c1-22(12-35-23(2,21(30)32-22)24(26,27)28)16-9-14(5-7-17(16)25)10-18(33)15-6-8-19(31-20(15)29)34-11-13-3-4-13/h5-9,13H,3-4,10-12H2,1-2H3,(H2,29,31)(H2,30,32)/t22-,23+/m0/s1. The van der Waals surface area contributed by atoms with E-state index < -0.39 is 35.6 Å². The predicted molar refractivity (Wildman–Crippen MR) is 121 cm³/mol. The molecule has 1 aliphatic carbocycles. The molecule has 0 amide bonds. The highest BCUT2D eigenvalue weighted by atomic mass is 19.4. The maximum atomic E-state index is 14.7. The second kappa shape index (κ2) is 8.78. The van der Waals surface area contributed by atoms with E-state index >= 15 is 0 Å². The van der Waals surface area contributed by atoms with Crippen molar-refractivity contribution in [3.63, 3.8) is 0 Å². The molecule has 7 nitrogen and oxygen atoms in total. The molecule has 1 fully saturated rings. The molecule has 4 rings (SSSR count). The summed E-state index contributed by atoms with van der Waals surface area (Å²) in [4.78, 5) is 21.0. The number of ether oxygens (including phenoxy) is 2. The number of amidine groups is 1. The predicted octanol–water partition coefficient (Wildman–Crippen LogP) is 3.94. The second-order valence-electron chi connectivity index (χ2n) is 9.34. The van der Waals surface area contributed by atoms with E-state index in [1.54, 1.807) is 6.07 Å². The Hall–Kier alpha value is -3.21. The van der Waals surface area contributed by atoms with Gasteiger partial charge in [-0.05, 0) is 56.4 Å². The van der Waals surface area contributed by atoms with Crippen molar-refractivity contribution in [2.24, 2.45) is 16.6 Å². The third kappa shape index (κ3) is 4.95. The van der Waals surface area contributed by atoms with Crippen LogP contribution in [-0.4, -0.2) is 41.6 Å². The highest BCUT2D eigenvalue weighted by Gasteiger charge is 2.59. The number of anilines is 1. The van der Waals surface area contributed by atoms with Crippen LogP contribution in [0.1, 0.15) is 48.2 Å². The minimum atomic E-state index is -4.79. The van der Waals surface area contributed by atoms with E-state index in [0.717, 1.165) is 25.8 Å². The quantitative estimate of drug-likeness (QED) is 0.445. The van der Waals surface area contributed by atoms with E-state index in [9.17, 15) is 22.4 Å². The lowest BCUT2D eigenvalue weighted by molar-refractivity contribution is -0.249. The molecule has 0 unspecified atom stereocenters. The summed E-state index contributed by atoms with van der Waals surface area (Å²) in [6.45, 7) is 2.19. The van der Waals surface area contributed by atoms with E-state index in [4.69, 9.17) is 20.9 Å². The van der Waals surface area contributed by atoms with Gasteiger partial charge in [-0.3, -0.25) is 9.79 Å². The van der Waals surface area contributed by atoms with Crippen molar-refractivity contribution in [1.82, 2.24) is 4.98 Å². The highest BCUT2D eigenvalue weighted by molar-refractivity contribution is 6.01. The SMILES string of the molecule is C[C@@]1(c2cc(CC(=O)c3ccc(OCC4CC4)nc3N)ccc2F)CO[C@@](C)(C(F)(F)F)C(N)=N1. The number of halogens is 4. The first-order chi connectivity index (χ1) is 16.3. The van der Waals surface area contributed by atoms with Gasteiger partial charge in [0.25, 0.3) is 0 Å². The van der Waals surface area contributed by atoms with Gasteiger partial charge in [0.05, 0.1) is 18.8 Å². The number of benzene rings is 1. The second-order valence-corrected chi connectivity index (χ2v) is 9.34. The van der Waals surface area contributed by atoms with Crippen LogP contribution in [0.3, 0.4) is 0 Å². The summed E-state index contributed by atoms with van der Waals surface area (Å²) < 4.78 is 65.6. The zero-order valence-corrected chi connectivity index (χ0v) is 19.3. The Morgan fingerprint density at radius 1 is 1.20 bits per heavy atom. The average molecular weight is 494 g/mol. The fraction of sp³-hybridized carbons (Fsp3) is 0.458. The molecule has 2 heterocycles. The maximum Gasteiger partial charge on any atom is 0.424 e. The van der Waals surface area contributed by atoms with Gasteiger partial charge in [0.15, 0.2) is 5.78 Å². The number of alkyl halides is 3. The fourth-order valence-corrected chi connectivity index (χ4v) is 3.76. The Labute approximate surface area is 199 Å². The van der Waals surface area contributed by atoms with Crippen LogP contribution in [0, 0.1) is 11.7 Å². The summed E-state index contributed by atoms with van der Waals surface area (Å²) in [7, 11) is 0. The zero-order chi connectivity index (χ0) is 25.6. The first-order valence-corrected chi connectivity index (χ1v) is 11.1. The molecule has 2 aliphatic rings. The summed E-state index contributed by atoms with van der Waals surface area (Å²) in [6.07, 6.45) is -2.69. The van der Waals surface area contributed by atoms with Gasteiger partial charge in [0.1, 0.15) is 23.0 Å². The van der Waals surface area contributed by atoms with Crippen molar-refractivity contribution < 1.29 is 31.8 Å². The van der Waals surface area contributed by atoms with Crippen molar-refractivity contribution >= 4 is 17.4 Å². The van der Waals surface area contributed by atoms with Crippen LogP contribution in [0.15, 0.2) is 35.3 Å². The highest BCUT2D eigenvalue weighted by Crippen LogP contribution is 2.41. The molecule has 0 radical (unpaired) electrons. The average Bonchev–Trinajstić information content (AvgIpc) is 3.60. The van der Waals surface area contributed by atoms with Crippen molar-refractivity contribution in [2.75, 3.05) is 18.9 Å². The van der Waals surface area contributed by atoms with Crippen LogP contribution in [0.5, 0.6) is 5.88 Å². The molecule has 1 aromatic carbocycles. The molecule has 1 aliphatic heterocycles. The van der Waals surface area contributed by atoms with Crippen molar-refractivity contribution in [2.45, 2.75) is 50.4 Å². The van der Waals surface area contributed by atoms with Crippen LogP contribution < -0.4 is 16.2 Å². The minimum Gasteiger partial charge on any atom is -0.477 e. The minimum absolute atomic E-state index is 0.0158. The molecule has 0 bridgehead atoms. The molecule has 2 aromatic rings. The Kier molecular flexibility index (Phi) is 6.25. The van der Waals surface area contributed by atoms with Crippen LogP contribution in [0.4, 0.5) is 23.4 Å². The number of ketones is 1. The Balaban J connectivity index is 1.54. The number of rotatable bonds is 7. The van der Waals surface area contributed by atoms with Gasteiger partial charge in [-0.25, -0.2) is 4.39 Å². The van der Waals surface area contributed by atoms with Crippen molar-refractivity contribution in [3.05, 3.63) is 52.8 Å².